The Hall–Kier alpha value is -2.33. The molecule has 1 aromatic carbocycles. The third-order valence-corrected chi connectivity index (χ3v) is 4.96. The summed E-state index contributed by atoms with van der Waals surface area (Å²) >= 11 is 0. The van der Waals surface area contributed by atoms with Crippen LogP contribution >= 0.6 is 0 Å². The highest BCUT2D eigenvalue weighted by Gasteiger charge is 2.31. The fraction of sp³-hybridized carbons (Fsp3) is 0.579. The van der Waals surface area contributed by atoms with Gasteiger partial charge in [-0.25, -0.2) is 4.79 Å². The number of hydrogen-bond acceptors (Lipinski definition) is 4. The number of nitrogens with zero attached hydrogens (tertiary/aromatic N) is 3. The molecule has 7 nitrogen and oxygen atoms in total. The number of carbonyl (C=O) groups excluding carboxylic acids is 2. The first-order valence-corrected chi connectivity index (χ1v) is 9.64. The topological polar surface area (TPSA) is 65.1 Å². The summed E-state index contributed by atoms with van der Waals surface area (Å²) in [5.41, 5.74) is 1.06. The molecule has 1 aromatic rings. The van der Waals surface area contributed by atoms with Crippen LogP contribution < -0.4 is 5.32 Å². The van der Waals surface area contributed by atoms with E-state index < -0.39 is 12.7 Å². The summed E-state index contributed by atoms with van der Waals surface area (Å²) in [5, 5.41) is 2.75. The van der Waals surface area contributed by atoms with Gasteiger partial charge in [0.05, 0.1) is 19.8 Å². The maximum Gasteiger partial charge on any atom is 0.401 e. The van der Waals surface area contributed by atoms with Crippen LogP contribution in [-0.4, -0.2) is 91.8 Å². The monoisotopic (exact) mass is 414 g/mol. The Balaban J connectivity index is 1.52. The lowest BCUT2D eigenvalue weighted by atomic mass is 10.1. The van der Waals surface area contributed by atoms with Gasteiger partial charge >= 0.3 is 12.2 Å². The van der Waals surface area contributed by atoms with Crippen LogP contribution in [0.3, 0.4) is 0 Å². The van der Waals surface area contributed by atoms with Crippen molar-refractivity contribution in [3.8, 4) is 0 Å². The van der Waals surface area contributed by atoms with Crippen molar-refractivity contribution >= 4 is 17.6 Å². The lowest BCUT2D eigenvalue weighted by Crippen LogP contribution is -2.40. The van der Waals surface area contributed by atoms with Crippen molar-refractivity contribution in [2.75, 3.05) is 64.3 Å². The molecule has 0 unspecified atom stereocenters. The molecule has 2 saturated heterocycles. The summed E-state index contributed by atoms with van der Waals surface area (Å²) in [6.07, 6.45) is -3.76. The number of alkyl halides is 3. The van der Waals surface area contributed by atoms with Crippen molar-refractivity contribution in [2.24, 2.45) is 0 Å². The van der Waals surface area contributed by atoms with Gasteiger partial charge in [-0.3, -0.25) is 9.69 Å². The summed E-state index contributed by atoms with van der Waals surface area (Å²) in [6, 6.07) is 6.26. The molecule has 160 valence electrons. The average Bonchev–Trinajstić information content (AvgIpc) is 2.93. The van der Waals surface area contributed by atoms with Gasteiger partial charge in [-0.2, -0.15) is 13.2 Å². The summed E-state index contributed by atoms with van der Waals surface area (Å²) < 4.78 is 42.9. The van der Waals surface area contributed by atoms with E-state index in [4.69, 9.17) is 4.74 Å². The number of rotatable bonds is 3. The minimum absolute atomic E-state index is 0.0801. The molecule has 0 saturated carbocycles. The zero-order valence-electron chi connectivity index (χ0n) is 16.1. The van der Waals surface area contributed by atoms with Crippen molar-refractivity contribution in [2.45, 2.75) is 12.6 Å². The number of morpholine rings is 1. The molecule has 2 aliphatic heterocycles. The van der Waals surface area contributed by atoms with Crippen LogP contribution in [0, 0.1) is 0 Å². The van der Waals surface area contributed by atoms with Gasteiger partial charge in [0.25, 0.3) is 5.91 Å². The number of halogens is 3. The molecular weight excluding hydrogens is 389 g/mol. The maximum atomic E-state index is 12.6. The third kappa shape index (κ3) is 6.33. The molecule has 0 radical (unpaired) electrons. The van der Waals surface area contributed by atoms with E-state index in [0.29, 0.717) is 57.1 Å². The highest BCUT2D eigenvalue weighted by Crippen LogP contribution is 2.18. The van der Waals surface area contributed by atoms with Crippen LogP contribution in [-0.2, 0) is 4.74 Å². The number of anilines is 1. The highest BCUT2D eigenvalue weighted by atomic mass is 19.4. The van der Waals surface area contributed by atoms with Crippen LogP contribution in [0.1, 0.15) is 16.8 Å². The van der Waals surface area contributed by atoms with E-state index in [1.807, 2.05) is 0 Å². The van der Waals surface area contributed by atoms with E-state index in [0.717, 1.165) is 0 Å². The largest absolute Gasteiger partial charge is 0.401 e. The zero-order chi connectivity index (χ0) is 20.9. The molecule has 0 spiro atoms. The molecule has 0 aromatic heterocycles. The van der Waals surface area contributed by atoms with Crippen LogP contribution in [0.2, 0.25) is 0 Å². The fourth-order valence-corrected chi connectivity index (χ4v) is 3.43. The van der Waals surface area contributed by atoms with Crippen molar-refractivity contribution in [3.05, 3.63) is 29.8 Å². The molecule has 0 atom stereocenters. The van der Waals surface area contributed by atoms with Crippen molar-refractivity contribution in [1.82, 2.24) is 14.7 Å². The Bertz CT molecular complexity index is 706. The maximum absolute atomic E-state index is 12.6. The second kappa shape index (κ2) is 9.45. The number of hydrogen-bond donors (Lipinski definition) is 1. The quantitative estimate of drug-likeness (QED) is 0.824. The van der Waals surface area contributed by atoms with Gasteiger partial charge in [0.1, 0.15) is 0 Å². The number of amides is 3. The van der Waals surface area contributed by atoms with Crippen molar-refractivity contribution in [1.29, 1.82) is 0 Å². The van der Waals surface area contributed by atoms with E-state index in [1.165, 1.54) is 9.80 Å². The highest BCUT2D eigenvalue weighted by molar-refractivity contribution is 5.95. The molecule has 0 bridgehead atoms. The number of urea groups is 1. The lowest BCUT2D eigenvalue weighted by Gasteiger charge is -2.27. The van der Waals surface area contributed by atoms with E-state index in [1.54, 1.807) is 29.2 Å². The van der Waals surface area contributed by atoms with Gasteiger partial charge in [-0.15, -0.1) is 0 Å². The summed E-state index contributed by atoms with van der Waals surface area (Å²) in [4.78, 5) is 29.5. The lowest BCUT2D eigenvalue weighted by molar-refractivity contribution is -0.145. The van der Waals surface area contributed by atoms with E-state index >= 15 is 0 Å². The SMILES string of the molecule is O=C(Nc1ccc(C(=O)N2CCOCC2)cc1)N1CCCN(CC(F)(F)F)CC1. The minimum Gasteiger partial charge on any atom is -0.378 e. The van der Waals surface area contributed by atoms with Crippen LogP contribution in [0.15, 0.2) is 24.3 Å². The van der Waals surface area contributed by atoms with Crippen LogP contribution in [0.5, 0.6) is 0 Å². The van der Waals surface area contributed by atoms with Crippen molar-refractivity contribution in [3.63, 3.8) is 0 Å². The molecule has 3 amide bonds. The molecule has 2 heterocycles. The van der Waals surface area contributed by atoms with Gasteiger partial charge in [-0.05, 0) is 30.7 Å². The first-order valence-electron chi connectivity index (χ1n) is 9.64. The molecule has 2 aliphatic rings. The van der Waals surface area contributed by atoms with Crippen LogP contribution in [0.25, 0.3) is 0 Å². The summed E-state index contributed by atoms with van der Waals surface area (Å²) in [6.45, 7) is 2.31. The van der Waals surface area contributed by atoms with Crippen molar-refractivity contribution < 1.29 is 27.5 Å². The fourth-order valence-electron chi connectivity index (χ4n) is 3.43. The Kier molecular flexibility index (Phi) is 6.96. The van der Waals surface area contributed by atoms with Crippen LogP contribution in [0.4, 0.5) is 23.7 Å². The van der Waals surface area contributed by atoms with Gasteiger partial charge in [-0.1, -0.05) is 0 Å². The number of ether oxygens (including phenoxy) is 1. The summed E-state index contributed by atoms with van der Waals surface area (Å²) in [7, 11) is 0. The first-order chi connectivity index (χ1) is 13.8. The van der Waals surface area contributed by atoms with Gasteiger partial charge in [0.15, 0.2) is 0 Å². The van der Waals surface area contributed by atoms with E-state index in [-0.39, 0.29) is 25.0 Å². The van der Waals surface area contributed by atoms with Gasteiger partial charge < -0.3 is 19.9 Å². The molecule has 0 aliphatic carbocycles. The Morgan fingerprint density at radius 3 is 2.28 bits per heavy atom. The summed E-state index contributed by atoms with van der Waals surface area (Å²) in [5.74, 6) is -0.0801. The molecule has 10 heteroatoms. The third-order valence-electron chi connectivity index (χ3n) is 4.96. The predicted octanol–water partition coefficient (Wildman–Crippen LogP) is 2.26. The van der Waals surface area contributed by atoms with E-state index in [9.17, 15) is 22.8 Å². The van der Waals surface area contributed by atoms with Gasteiger partial charge in [0.2, 0.25) is 0 Å². The van der Waals surface area contributed by atoms with E-state index in [2.05, 4.69) is 5.32 Å². The number of carbonyl (C=O) groups is 2. The Labute approximate surface area is 167 Å². The molecule has 2 fully saturated rings. The molecule has 3 rings (SSSR count). The second-order valence-corrected chi connectivity index (χ2v) is 7.14. The zero-order valence-corrected chi connectivity index (χ0v) is 16.1. The molecule has 29 heavy (non-hydrogen) atoms. The molecular formula is C19H25F3N4O3. The Morgan fingerprint density at radius 1 is 0.931 bits per heavy atom. The predicted molar refractivity (Wildman–Crippen MR) is 101 cm³/mol. The smallest absolute Gasteiger partial charge is 0.378 e. The number of nitrogens with one attached hydrogen (secondary N) is 1. The van der Waals surface area contributed by atoms with Gasteiger partial charge in [0, 0.05) is 50.5 Å². The minimum atomic E-state index is -4.24. The molecule has 1 N–H and O–H groups in total. The second-order valence-electron chi connectivity index (χ2n) is 7.14. The Morgan fingerprint density at radius 2 is 1.62 bits per heavy atom. The number of benzene rings is 1. The normalized spacial score (nSPS) is 19.0. The standard InChI is InChI=1S/C19H25F3N4O3/c20-19(21,22)14-24-6-1-7-26(9-8-24)18(28)23-16-4-2-15(3-5-16)17(27)25-10-12-29-13-11-25/h2-5H,1,6-14H2,(H,23,28). The first kappa shape index (κ1) is 21.4. The average molecular weight is 414 g/mol.